The smallest absolute Gasteiger partial charge is 0.0128 e. The number of nitrogens with two attached hydrogens (primary N) is 1. The molecule has 0 radical (unpaired) electrons. The Morgan fingerprint density at radius 2 is 1.00 bits per heavy atom. The Kier molecular flexibility index (Phi) is 7.71. The van der Waals surface area contributed by atoms with E-state index in [0.717, 1.165) is 25.9 Å². The molecule has 0 fully saturated rings. The summed E-state index contributed by atoms with van der Waals surface area (Å²) in [4.78, 5) is 0. The summed E-state index contributed by atoms with van der Waals surface area (Å²) in [5, 5.41) is 1.98. The Hall–Kier alpha value is -1.64. The summed E-state index contributed by atoms with van der Waals surface area (Å²) in [6, 6.07) is 21.4. The maximum atomic E-state index is 6.07. The van der Waals surface area contributed by atoms with Crippen molar-refractivity contribution in [2.24, 2.45) is 5.84 Å². The van der Waals surface area contributed by atoms with Crippen LogP contribution in [0.3, 0.4) is 0 Å². The highest BCUT2D eigenvalue weighted by molar-refractivity contribution is 5.15. The highest BCUT2D eigenvalue weighted by Gasteiger charge is 2.00. The van der Waals surface area contributed by atoms with Crippen molar-refractivity contribution in [3.05, 3.63) is 71.8 Å². The number of nitrogens with zero attached hydrogens (tertiary/aromatic N) is 1. The van der Waals surface area contributed by atoms with E-state index in [1.165, 1.54) is 36.8 Å². The molecule has 2 nitrogen and oxygen atoms in total. The highest BCUT2D eigenvalue weighted by atomic mass is 15.4. The summed E-state index contributed by atoms with van der Waals surface area (Å²) < 4.78 is 0. The molecular formula is C20H28N2. The molecule has 0 amide bonds. The Balaban J connectivity index is 1.48. The van der Waals surface area contributed by atoms with Gasteiger partial charge in [0, 0.05) is 13.1 Å². The average Bonchev–Trinajstić information content (AvgIpc) is 2.57. The van der Waals surface area contributed by atoms with E-state index in [1.54, 1.807) is 0 Å². The topological polar surface area (TPSA) is 29.3 Å². The molecule has 0 saturated carbocycles. The molecule has 118 valence electrons. The van der Waals surface area contributed by atoms with E-state index in [1.807, 2.05) is 5.01 Å². The monoisotopic (exact) mass is 296 g/mol. The summed E-state index contributed by atoms with van der Waals surface area (Å²) in [5.41, 5.74) is 2.85. The van der Waals surface area contributed by atoms with Gasteiger partial charge in [-0.3, -0.25) is 5.84 Å². The normalized spacial score (nSPS) is 11.0. The Morgan fingerprint density at radius 1 is 0.591 bits per heavy atom. The third kappa shape index (κ3) is 6.88. The van der Waals surface area contributed by atoms with Crippen molar-refractivity contribution in [3.63, 3.8) is 0 Å². The highest BCUT2D eigenvalue weighted by Crippen LogP contribution is 2.06. The van der Waals surface area contributed by atoms with Crippen molar-refractivity contribution >= 4 is 0 Å². The Morgan fingerprint density at radius 3 is 1.41 bits per heavy atom. The van der Waals surface area contributed by atoms with Crippen LogP contribution in [-0.2, 0) is 12.8 Å². The number of benzene rings is 2. The van der Waals surface area contributed by atoms with Crippen LogP contribution in [-0.4, -0.2) is 18.1 Å². The first-order chi connectivity index (χ1) is 10.8. The molecule has 0 saturated heterocycles. The van der Waals surface area contributed by atoms with Crippen LogP contribution in [0.4, 0.5) is 0 Å². The van der Waals surface area contributed by atoms with Gasteiger partial charge in [-0.05, 0) is 49.7 Å². The lowest BCUT2D eigenvalue weighted by Crippen LogP contribution is -2.33. The maximum Gasteiger partial charge on any atom is 0.0128 e. The molecule has 0 bridgehead atoms. The lowest BCUT2D eigenvalue weighted by Gasteiger charge is -2.16. The van der Waals surface area contributed by atoms with Gasteiger partial charge in [-0.2, -0.15) is 0 Å². The summed E-state index contributed by atoms with van der Waals surface area (Å²) in [5.74, 6) is 6.07. The molecule has 0 heterocycles. The van der Waals surface area contributed by atoms with Gasteiger partial charge in [0.1, 0.15) is 0 Å². The fourth-order valence-corrected chi connectivity index (χ4v) is 2.69. The van der Waals surface area contributed by atoms with E-state index in [4.69, 9.17) is 5.84 Å². The van der Waals surface area contributed by atoms with Gasteiger partial charge < -0.3 is 0 Å². The summed E-state index contributed by atoms with van der Waals surface area (Å²) in [6.45, 7) is 2.00. The molecule has 0 aromatic heterocycles. The third-order valence-electron chi connectivity index (χ3n) is 4.01. The minimum absolute atomic E-state index is 0.998. The second-order valence-electron chi connectivity index (χ2n) is 5.92. The van der Waals surface area contributed by atoms with E-state index in [-0.39, 0.29) is 0 Å². The van der Waals surface area contributed by atoms with Gasteiger partial charge in [0.15, 0.2) is 0 Å². The lowest BCUT2D eigenvalue weighted by molar-refractivity contribution is 0.271. The van der Waals surface area contributed by atoms with Crippen LogP contribution in [0.5, 0.6) is 0 Å². The van der Waals surface area contributed by atoms with Gasteiger partial charge >= 0.3 is 0 Å². The van der Waals surface area contributed by atoms with E-state index in [0.29, 0.717) is 0 Å². The molecule has 0 atom stereocenters. The van der Waals surface area contributed by atoms with Gasteiger partial charge in [-0.15, -0.1) is 0 Å². The van der Waals surface area contributed by atoms with E-state index in [2.05, 4.69) is 60.7 Å². The van der Waals surface area contributed by atoms with Crippen molar-refractivity contribution in [3.8, 4) is 0 Å². The molecule has 2 aromatic carbocycles. The zero-order chi connectivity index (χ0) is 15.5. The molecule has 2 N–H and O–H groups in total. The van der Waals surface area contributed by atoms with Crippen molar-refractivity contribution in [2.45, 2.75) is 38.5 Å². The number of hydrazine groups is 1. The summed E-state index contributed by atoms with van der Waals surface area (Å²) >= 11 is 0. The number of hydrogen-bond acceptors (Lipinski definition) is 2. The van der Waals surface area contributed by atoms with E-state index >= 15 is 0 Å². The first kappa shape index (κ1) is 16.7. The van der Waals surface area contributed by atoms with Crippen molar-refractivity contribution in [2.75, 3.05) is 13.1 Å². The lowest BCUT2D eigenvalue weighted by atomic mass is 10.1. The van der Waals surface area contributed by atoms with E-state index < -0.39 is 0 Å². The first-order valence-corrected chi connectivity index (χ1v) is 8.42. The molecule has 2 rings (SSSR count). The standard InChI is InChI=1S/C20H28N2/c21-22(17-9-7-15-19-11-3-1-4-12-19)18-10-8-16-20-13-5-2-6-14-20/h1-6,11-14H,7-10,15-18,21H2. The maximum absolute atomic E-state index is 6.07. The van der Waals surface area contributed by atoms with Crippen molar-refractivity contribution in [1.29, 1.82) is 0 Å². The third-order valence-corrected chi connectivity index (χ3v) is 4.01. The van der Waals surface area contributed by atoms with E-state index in [9.17, 15) is 0 Å². The number of hydrogen-bond donors (Lipinski definition) is 1. The fourth-order valence-electron chi connectivity index (χ4n) is 2.69. The predicted octanol–water partition coefficient (Wildman–Crippen LogP) is 4.21. The van der Waals surface area contributed by atoms with Crippen LogP contribution in [0.25, 0.3) is 0 Å². The molecule has 2 aromatic rings. The van der Waals surface area contributed by atoms with Crippen molar-refractivity contribution < 1.29 is 0 Å². The van der Waals surface area contributed by atoms with Gasteiger partial charge in [-0.1, -0.05) is 60.7 Å². The quantitative estimate of drug-likeness (QED) is 0.404. The molecular weight excluding hydrogens is 268 g/mol. The van der Waals surface area contributed by atoms with Crippen LogP contribution >= 0.6 is 0 Å². The second-order valence-corrected chi connectivity index (χ2v) is 5.92. The average molecular weight is 296 g/mol. The summed E-state index contributed by atoms with van der Waals surface area (Å²) in [6.07, 6.45) is 7.07. The second kappa shape index (κ2) is 10.1. The van der Waals surface area contributed by atoms with Gasteiger partial charge in [0.25, 0.3) is 0 Å². The predicted molar refractivity (Wildman–Crippen MR) is 94.5 cm³/mol. The summed E-state index contributed by atoms with van der Waals surface area (Å²) in [7, 11) is 0. The van der Waals surface area contributed by atoms with Crippen LogP contribution in [0, 0.1) is 0 Å². The zero-order valence-corrected chi connectivity index (χ0v) is 13.5. The number of rotatable bonds is 10. The Bertz CT molecular complexity index is 448. The van der Waals surface area contributed by atoms with Crippen molar-refractivity contribution in [1.82, 2.24) is 5.01 Å². The van der Waals surface area contributed by atoms with Gasteiger partial charge in [0.05, 0.1) is 0 Å². The van der Waals surface area contributed by atoms with Crippen LogP contribution in [0.15, 0.2) is 60.7 Å². The fraction of sp³-hybridized carbons (Fsp3) is 0.400. The molecule has 2 heteroatoms. The minimum Gasteiger partial charge on any atom is -0.269 e. The molecule has 0 aliphatic heterocycles. The molecule has 0 spiro atoms. The van der Waals surface area contributed by atoms with Crippen LogP contribution in [0.2, 0.25) is 0 Å². The molecule has 0 unspecified atom stereocenters. The number of aryl methyl sites for hydroxylation is 2. The minimum atomic E-state index is 0.998. The van der Waals surface area contributed by atoms with Gasteiger partial charge in [0.2, 0.25) is 0 Å². The van der Waals surface area contributed by atoms with Gasteiger partial charge in [-0.25, -0.2) is 5.01 Å². The van der Waals surface area contributed by atoms with Crippen LogP contribution < -0.4 is 5.84 Å². The largest absolute Gasteiger partial charge is 0.269 e. The molecule has 22 heavy (non-hydrogen) atoms. The molecule has 0 aliphatic carbocycles. The SMILES string of the molecule is NN(CCCCc1ccccc1)CCCCc1ccccc1. The van der Waals surface area contributed by atoms with Crippen LogP contribution in [0.1, 0.15) is 36.8 Å². The number of unbranched alkanes of at least 4 members (excludes halogenated alkanes) is 2. The molecule has 0 aliphatic rings. The Labute approximate surface area is 134 Å². The zero-order valence-electron chi connectivity index (χ0n) is 13.5. The first-order valence-electron chi connectivity index (χ1n) is 8.42.